The number of likely N-dealkylation sites (tertiary alicyclic amines) is 1. The number of carbonyl (C=O) groups excluding carboxylic acids is 1. The van der Waals surface area contributed by atoms with Crippen molar-refractivity contribution >= 4 is 11.9 Å². The monoisotopic (exact) mass is 266 g/mol. The summed E-state index contributed by atoms with van der Waals surface area (Å²) < 4.78 is 0. The van der Waals surface area contributed by atoms with Crippen molar-refractivity contribution in [2.24, 2.45) is 17.8 Å². The Balaban J connectivity index is 1.79. The fraction of sp³-hybridized carbons (Fsp3) is 0.857. The van der Waals surface area contributed by atoms with Gasteiger partial charge in [0.25, 0.3) is 0 Å². The summed E-state index contributed by atoms with van der Waals surface area (Å²) in [5, 5.41) is 12.7. The number of hydrogen-bond acceptors (Lipinski definition) is 3. The van der Waals surface area contributed by atoms with Gasteiger partial charge in [-0.2, -0.15) is 0 Å². The Hall–Kier alpha value is -1.10. The van der Waals surface area contributed by atoms with Crippen molar-refractivity contribution in [1.82, 2.24) is 10.2 Å². The number of hydrogen-bond donors (Lipinski definition) is 2. The van der Waals surface area contributed by atoms with Crippen molar-refractivity contribution < 1.29 is 14.7 Å². The molecule has 5 atom stereocenters. The summed E-state index contributed by atoms with van der Waals surface area (Å²) in [5.41, 5.74) is 0. The van der Waals surface area contributed by atoms with Gasteiger partial charge < -0.3 is 15.3 Å². The van der Waals surface area contributed by atoms with Gasteiger partial charge in [-0.1, -0.05) is 13.3 Å². The molecule has 1 saturated carbocycles. The molecule has 3 rings (SSSR count). The largest absolute Gasteiger partial charge is 0.480 e. The lowest BCUT2D eigenvalue weighted by molar-refractivity contribution is -0.150. The highest BCUT2D eigenvalue weighted by Gasteiger charge is 2.51. The minimum atomic E-state index is -0.826. The molecule has 0 aromatic heterocycles. The maximum Gasteiger partial charge on any atom is 0.326 e. The first kappa shape index (κ1) is 12.9. The molecule has 2 saturated heterocycles. The van der Waals surface area contributed by atoms with Gasteiger partial charge in [0, 0.05) is 6.54 Å². The molecule has 0 bridgehead atoms. The van der Waals surface area contributed by atoms with E-state index in [0.29, 0.717) is 18.4 Å². The molecule has 1 amide bonds. The Morgan fingerprint density at radius 2 is 2.05 bits per heavy atom. The molecule has 5 nitrogen and oxygen atoms in total. The normalized spacial score (nSPS) is 41.5. The average molecular weight is 266 g/mol. The van der Waals surface area contributed by atoms with E-state index in [1.54, 1.807) is 4.90 Å². The van der Waals surface area contributed by atoms with Crippen molar-refractivity contribution in [3.63, 3.8) is 0 Å². The average Bonchev–Trinajstić information content (AvgIpc) is 3.00. The molecule has 2 aliphatic heterocycles. The Kier molecular flexibility index (Phi) is 3.25. The van der Waals surface area contributed by atoms with E-state index >= 15 is 0 Å². The second kappa shape index (κ2) is 4.78. The number of nitrogens with one attached hydrogen (secondary N) is 1. The van der Waals surface area contributed by atoms with Crippen LogP contribution in [0.2, 0.25) is 0 Å². The van der Waals surface area contributed by atoms with Gasteiger partial charge in [-0.05, 0) is 43.6 Å². The van der Waals surface area contributed by atoms with Crippen LogP contribution in [0.4, 0.5) is 0 Å². The quantitative estimate of drug-likeness (QED) is 0.772. The number of carbonyl (C=O) groups is 2. The topological polar surface area (TPSA) is 69.6 Å². The fourth-order valence-corrected chi connectivity index (χ4v) is 4.19. The molecule has 5 unspecified atom stereocenters. The van der Waals surface area contributed by atoms with E-state index in [-0.39, 0.29) is 17.9 Å². The molecule has 19 heavy (non-hydrogen) atoms. The van der Waals surface area contributed by atoms with Gasteiger partial charge in [0.15, 0.2) is 0 Å². The molecule has 0 spiro atoms. The highest BCUT2D eigenvalue weighted by molar-refractivity contribution is 5.88. The highest BCUT2D eigenvalue weighted by Crippen LogP contribution is 2.42. The lowest BCUT2D eigenvalue weighted by atomic mass is 9.94. The van der Waals surface area contributed by atoms with Gasteiger partial charge in [0.2, 0.25) is 5.91 Å². The molecule has 2 N–H and O–H groups in total. The molecule has 0 aromatic rings. The number of rotatable bonds is 2. The Bertz CT molecular complexity index is 398. The third kappa shape index (κ3) is 2.04. The SMILES string of the molecule is CC1CCNC1C(=O)N1CC2CCCC2C1C(=O)O. The molecular weight excluding hydrogens is 244 g/mol. The van der Waals surface area contributed by atoms with Gasteiger partial charge in [-0.25, -0.2) is 4.79 Å². The summed E-state index contributed by atoms with van der Waals surface area (Å²) in [5.74, 6) is 0.0718. The summed E-state index contributed by atoms with van der Waals surface area (Å²) in [6.45, 7) is 3.57. The Morgan fingerprint density at radius 3 is 2.68 bits per heavy atom. The van der Waals surface area contributed by atoms with Crippen LogP contribution >= 0.6 is 0 Å². The third-order valence-electron chi connectivity index (χ3n) is 5.23. The standard InChI is InChI=1S/C14H22N2O3/c1-8-5-6-15-11(8)13(17)16-7-9-3-2-4-10(9)12(16)14(18)19/h8-12,15H,2-7H2,1H3,(H,18,19). The fourth-order valence-electron chi connectivity index (χ4n) is 4.19. The van der Waals surface area contributed by atoms with E-state index in [9.17, 15) is 14.7 Å². The van der Waals surface area contributed by atoms with E-state index in [1.807, 2.05) is 0 Å². The van der Waals surface area contributed by atoms with Gasteiger partial charge in [-0.3, -0.25) is 4.79 Å². The summed E-state index contributed by atoms with van der Waals surface area (Å²) in [4.78, 5) is 25.8. The number of aliphatic carboxylic acids is 1. The third-order valence-corrected chi connectivity index (χ3v) is 5.23. The predicted octanol–water partition coefficient (Wildman–Crippen LogP) is 0.696. The molecule has 3 aliphatic rings. The maximum absolute atomic E-state index is 12.6. The van der Waals surface area contributed by atoms with Crippen LogP contribution in [0.15, 0.2) is 0 Å². The summed E-state index contributed by atoms with van der Waals surface area (Å²) in [7, 11) is 0. The van der Waals surface area contributed by atoms with E-state index < -0.39 is 12.0 Å². The van der Waals surface area contributed by atoms with Crippen molar-refractivity contribution in [2.75, 3.05) is 13.1 Å². The predicted molar refractivity (Wildman–Crippen MR) is 69.5 cm³/mol. The van der Waals surface area contributed by atoms with Crippen LogP contribution < -0.4 is 5.32 Å². The number of carboxylic acid groups (broad SMARTS) is 1. The van der Waals surface area contributed by atoms with Gasteiger partial charge in [0.05, 0.1) is 6.04 Å². The van der Waals surface area contributed by atoms with Crippen LogP contribution in [0, 0.1) is 17.8 Å². The Labute approximate surface area is 113 Å². The summed E-state index contributed by atoms with van der Waals surface area (Å²) in [6.07, 6.45) is 4.14. The number of amides is 1. The van der Waals surface area contributed by atoms with E-state index in [4.69, 9.17) is 0 Å². The van der Waals surface area contributed by atoms with E-state index in [0.717, 1.165) is 32.2 Å². The van der Waals surface area contributed by atoms with E-state index in [2.05, 4.69) is 12.2 Å². The number of nitrogens with zero attached hydrogens (tertiary/aromatic N) is 1. The number of carboxylic acids is 1. The van der Waals surface area contributed by atoms with Crippen LogP contribution in [0.5, 0.6) is 0 Å². The van der Waals surface area contributed by atoms with Crippen LogP contribution in [-0.4, -0.2) is 47.1 Å². The second-order valence-corrected chi connectivity index (χ2v) is 6.33. The molecule has 1 aliphatic carbocycles. The van der Waals surface area contributed by atoms with Crippen molar-refractivity contribution in [1.29, 1.82) is 0 Å². The zero-order valence-electron chi connectivity index (χ0n) is 11.3. The zero-order valence-corrected chi connectivity index (χ0v) is 11.3. The van der Waals surface area contributed by atoms with Crippen LogP contribution in [0.1, 0.15) is 32.6 Å². The molecule has 2 heterocycles. The molecule has 3 fully saturated rings. The highest BCUT2D eigenvalue weighted by atomic mass is 16.4. The Morgan fingerprint density at radius 1 is 1.26 bits per heavy atom. The van der Waals surface area contributed by atoms with Crippen LogP contribution in [-0.2, 0) is 9.59 Å². The van der Waals surface area contributed by atoms with Gasteiger partial charge >= 0.3 is 5.97 Å². The molecule has 0 radical (unpaired) electrons. The van der Waals surface area contributed by atoms with Crippen molar-refractivity contribution in [3.8, 4) is 0 Å². The van der Waals surface area contributed by atoms with Crippen molar-refractivity contribution in [2.45, 2.75) is 44.7 Å². The summed E-state index contributed by atoms with van der Waals surface area (Å²) >= 11 is 0. The maximum atomic E-state index is 12.6. The first-order chi connectivity index (χ1) is 9.09. The first-order valence-corrected chi connectivity index (χ1v) is 7.36. The molecule has 106 valence electrons. The summed E-state index contributed by atoms with van der Waals surface area (Å²) in [6, 6.07) is -0.768. The molecule has 0 aromatic carbocycles. The van der Waals surface area contributed by atoms with Crippen LogP contribution in [0.25, 0.3) is 0 Å². The zero-order chi connectivity index (χ0) is 13.6. The van der Waals surface area contributed by atoms with Crippen molar-refractivity contribution in [3.05, 3.63) is 0 Å². The van der Waals surface area contributed by atoms with Crippen LogP contribution in [0.3, 0.4) is 0 Å². The second-order valence-electron chi connectivity index (χ2n) is 6.33. The van der Waals surface area contributed by atoms with Gasteiger partial charge in [-0.15, -0.1) is 0 Å². The lowest BCUT2D eigenvalue weighted by Crippen LogP contribution is -2.51. The number of fused-ring (bicyclic) bond motifs is 1. The lowest BCUT2D eigenvalue weighted by Gasteiger charge is -2.28. The smallest absolute Gasteiger partial charge is 0.326 e. The molecular formula is C14H22N2O3. The van der Waals surface area contributed by atoms with E-state index in [1.165, 1.54) is 0 Å². The van der Waals surface area contributed by atoms with Gasteiger partial charge in [0.1, 0.15) is 6.04 Å². The minimum Gasteiger partial charge on any atom is -0.480 e. The first-order valence-electron chi connectivity index (χ1n) is 7.36. The minimum absolute atomic E-state index is 0.00630. The molecule has 5 heteroatoms.